The molecule has 0 aliphatic carbocycles. The molecule has 102 valence electrons. The number of carbonyl (C=O) groups is 1. The predicted molar refractivity (Wildman–Crippen MR) is 84.1 cm³/mol. The summed E-state index contributed by atoms with van der Waals surface area (Å²) >= 11 is 1.49. The average molecular weight is 284 g/mol. The van der Waals surface area contributed by atoms with E-state index >= 15 is 0 Å². The van der Waals surface area contributed by atoms with E-state index in [-0.39, 0.29) is 5.91 Å². The molecular formula is C16H16N2OS. The van der Waals surface area contributed by atoms with Crippen LogP contribution >= 0.6 is 11.3 Å². The fourth-order valence-corrected chi connectivity index (χ4v) is 2.54. The molecule has 20 heavy (non-hydrogen) atoms. The summed E-state index contributed by atoms with van der Waals surface area (Å²) in [5.41, 5.74) is 8.03. The summed E-state index contributed by atoms with van der Waals surface area (Å²) in [6.07, 6.45) is 0. The molecule has 1 heterocycles. The number of aryl methyl sites for hydroxylation is 2. The van der Waals surface area contributed by atoms with Gasteiger partial charge in [0, 0.05) is 16.1 Å². The summed E-state index contributed by atoms with van der Waals surface area (Å²) < 4.78 is 0. The molecular weight excluding hydrogens is 268 g/mol. The number of nitrogens with two attached hydrogens (primary N) is 1. The predicted octanol–water partition coefficient (Wildman–Crippen LogP) is 2.93. The van der Waals surface area contributed by atoms with Crippen molar-refractivity contribution in [1.82, 2.24) is 0 Å². The van der Waals surface area contributed by atoms with Gasteiger partial charge in [-0.2, -0.15) is 0 Å². The molecule has 2 rings (SSSR count). The second-order valence-electron chi connectivity index (χ2n) is 4.40. The van der Waals surface area contributed by atoms with Gasteiger partial charge in [-0.1, -0.05) is 11.8 Å². The Hall–Kier alpha value is -2.09. The number of thiophene rings is 1. The molecule has 0 bridgehead atoms. The summed E-state index contributed by atoms with van der Waals surface area (Å²) in [5, 5.41) is 2.92. The van der Waals surface area contributed by atoms with E-state index in [1.807, 2.05) is 44.2 Å². The van der Waals surface area contributed by atoms with Crippen molar-refractivity contribution in [2.45, 2.75) is 13.8 Å². The van der Waals surface area contributed by atoms with Gasteiger partial charge in [-0.15, -0.1) is 11.3 Å². The van der Waals surface area contributed by atoms with Crippen LogP contribution in [0.5, 0.6) is 0 Å². The van der Waals surface area contributed by atoms with Gasteiger partial charge in [0.25, 0.3) is 5.91 Å². The van der Waals surface area contributed by atoms with Crippen LogP contribution in [0.4, 0.5) is 5.69 Å². The molecule has 0 saturated carbocycles. The first kappa shape index (κ1) is 14.3. The van der Waals surface area contributed by atoms with E-state index in [4.69, 9.17) is 5.73 Å². The molecule has 1 amide bonds. The second kappa shape index (κ2) is 6.38. The van der Waals surface area contributed by atoms with Gasteiger partial charge >= 0.3 is 0 Å². The highest BCUT2D eigenvalue weighted by Crippen LogP contribution is 2.20. The molecule has 0 aliphatic heterocycles. The van der Waals surface area contributed by atoms with Crippen molar-refractivity contribution in [2.24, 2.45) is 5.73 Å². The largest absolute Gasteiger partial charge is 0.321 e. The Morgan fingerprint density at radius 3 is 2.70 bits per heavy atom. The van der Waals surface area contributed by atoms with E-state index in [2.05, 4.69) is 17.2 Å². The first-order valence-electron chi connectivity index (χ1n) is 6.27. The number of amides is 1. The number of hydrogen-bond acceptors (Lipinski definition) is 3. The summed E-state index contributed by atoms with van der Waals surface area (Å²) in [7, 11) is 0. The molecule has 0 radical (unpaired) electrons. The third-order valence-electron chi connectivity index (χ3n) is 2.77. The van der Waals surface area contributed by atoms with E-state index in [0.717, 1.165) is 21.7 Å². The zero-order chi connectivity index (χ0) is 14.5. The normalized spacial score (nSPS) is 9.75. The van der Waals surface area contributed by atoms with Crippen molar-refractivity contribution in [3.8, 4) is 11.8 Å². The van der Waals surface area contributed by atoms with Gasteiger partial charge in [-0.3, -0.25) is 4.79 Å². The fraction of sp³-hybridized carbons (Fsp3) is 0.188. The summed E-state index contributed by atoms with van der Waals surface area (Å²) in [5.74, 6) is 5.71. The van der Waals surface area contributed by atoms with Crippen molar-refractivity contribution < 1.29 is 4.79 Å². The molecule has 0 aliphatic rings. The lowest BCUT2D eigenvalue weighted by Gasteiger charge is -2.07. The minimum Gasteiger partial charge on any atom is -0.321 e. The van der Waals surface area contributed by atoms with Crippen LogP contribution in [0.1, 0.15) is 25.7 Å². The van der Waals surface area contributed by atoms with Gasteiger partial charge < -0.3 is 11.1 Å². The summed E-state index contributed by atoms with van der Waals surface area (Å²) in [6.45, 7) is 4.27. The Kier molecular flexibility index (Phi) is 4.57. The molecule has 0 unspecified atom stereocenters. The number of rotatable bonds is 2. The van der Waals surface area contributed by atoms with Crippen LogP contribution in [0, 0.1) is 25.7 Å². The van der Waals surface area contributed by atoms with Crippen molar-refractivity contribution >= 4 is 22.9 Å². The number of anilines is 1. The number of hydrogen-bond donors (Lipinski definition) is 2. The highest BCUT2D eigenvalue weighted by molar-refractivity contribution is 7.14. The molecule has 1 aromatic carbocycles. The fourth-order valence-electron chi connectivity index (χ4n) is 1.78. The molecule has 3 N–H and O–H groups in total. The number of benzene rings is 1. The van der Waals surface area contributed by atoms with Crippen LogP contribution in [0.25, 0.3) is 0 Å². The molecule has 4 heteroatoms. The minimum atomic E-state index is -0.0769. The maximum absolute atomic E-state index is 12.1. The maximum atomic E-state index is 12.1. The van der Waals surface area contributed by atoms with Crippen molar-refractivity contribution in [3.05, 3.63) is 51.2 Å². The summed E-state index contributed by atoms with van der Waals surface area (Å²) in [6, 6.07) is 9.47. The van der Waals surface area contributed by atoms with E-state index < -0.39 is 0 Å². The Morgan fingerprint density at radius 2 is 2.10 bits per heavy atom. The molecule has 0 saturated heterocycles. The van der Waals surface area contributed by atoms with Crippen LogP contribution < -0.4 is 11.1 Å². The Labute approximate surface area is 122 Å². The summed E-state index contributed by atoms with van der Waals surface area (Å²) in [4.78, 5) is 13.9. The van der Waals surface area contributed by atoms with E-state index in [9.17, 15) is 4.79 Å². The molecule has 3 nitrogen and oxygen atoms in total. The quantitative estimate of drug-likeness (QED) is 0.833. The van der Waals surface area contributed by atoms with Crippen LogP contribution in [-0.4, -0.2) is 12.5 Å². The third-order valence-corrected chi connectivity index (χ3v) is 3.77. The lowest BCUT2D eigenvalue weighted by Crippen LogP contribution is -2.11. The zero-order valence-corrected chi connectivity index (χ0v) is 12.3. The van der Waals surface area contributed by atoms with Crippen LogP contribution in [0.3, 0.4) is 0 Å². The molecule has 0 spiro atoms. The lowest BCUT2D eigenvalue weighted by molar-refractivity contribution is 0.103. The van der Waals surface area contributed by atoms with E-state index in [1.54, 1.807) is 0 Å². The van der Waals surface area contributed by atoms with Gasteiger partial charge in [0.1, 0.15) is 0 Å². The molecule has 0 atom stereocenters. The van der Waals surface area contributed by atoms with Gasteiger partial charge in [-0.25, -0.2) is 0 Å². The monoisotopic (exact) mass is 284 g/mol. The number of carbonyl (C=O) groups excluding carboxylic acids is 1. The van der Waals surface area contributed by atoms with Gasteiger partial charge in [-0.05, 0) is 49.7 Å². The molecule has 0 fully saturated rings. The smallest absolute Gasteiger partial charge is 0.265 e. The molecule has 2 aromatic rings. The highest BCUT2D eigenvalue weighted by atomic mass is 32.1. The average Bonchev–Trinajstić information content (AvgIpc) is 2.86. The van der Waals surface area contributed by atoms with Gasteiger partial charge in [0.05, 0.1) is 11.4 Å². The lowest BCUT2D eigenvalue weighted by atomic mass is 10.1. The van der Waals surface area contributed by atoms with E-state index in [0.29, 0.717) is 11.4 Å². The minimum absolute atomic E-state index is 0.0769. The first-order chi connectivity index (χ1) is 9.60. The Morgan fingerprint density at radius 1 is 1.30 bits per heavy atom. The Balaban J connectivity index is 2.16. The van der Waals surface area contributed by atoms with Crippen molar-refractivity contribution in [3.63, 3.8) is 0 Å². The van der Waals surface area contributed by atoms with Crippen molar-refractivity contribution in [2.75, 3.05) is 11.9 Å². The number of nitrogens with one attached hydrogen (secondary N) is 1. The van der Waals surface area contributed by atoms with Crippen molar-refractivity contribution in [1.29, 1.82) is 0 Å². The zero-order valence-electron chi connectivity index (χ0n) is 11.5. The van der Waals surface area contributed by atoms with Crippen LogP contribution in [0.2, 0.25) is 0 Å². The van der Waals surface area contributed by atoms with Gasteiger partial charge in [0.15, 0.2) is 0 Å². The van der Waals surface area contributed by atoms with Crippen LogP contribution in [-0.2, 0) is 0 Å². The Bertz CT molecular complexity index is 692. The van der Waals surface area contributed by atoms with E-state index in [1.165, 1.54) is 11.3 Å². The standard InChI is InChI=1S/C16H16N2OS/c1-11-10-13(4-3-9-17)6-7-14(11)18-16(19)15-8-5-12(2)20-15/h5-8,10H,9,17H2,1-2H3,(H,18,19). The topological polar surface area (TPSA) is 55.1 Å². The second-order valence-corrected chi connectivity index (χ2v) is 5.69. The SMILES string of the molecule is Cc1ccc(C(=O)Nc2ccc(C#CCN)cc2C)s1. The molecule has 1 aromatic heterocycles. The first-order valence-corrected chi connectivity index (χ1v) is 7.09. The third kappa shape index (κ3) is 3.47. The van der Waals surface area contributed by atoms with Gasteiger partial charge in [0.2, 0.25) is 0 Å². The maximum Gasteiger partial charge on any atom is 0.265 e. The van der Waals surface area contributed by atoms with Crippen LogP contribution in [0.15, 0.2) is 30.3 Å². The highest BCUT2D eigenvalue weighted by Gasteiger charge is 2.09.